The van der Waals surface area contributed by atoms with E-state index in [2.05, 4.69) is 29.5 Å². The van der Waals surface area contributed by atoms with Crippen LogP contribution in [0.1, 0.15) is 25.1 Å². The summed E-state index contributed by atoms with van der Waals surface area (Å²) in [4.78, 5) is 4.99. The molecule has 20 heavy (non-hydrogen) atoms. The number of hydrogen-bond donors (Lipinski definition) is 3. The van der Waals surface area contributed by atoms with Crippen LogP contribution < -0.4 is 15.8 Å². The standard InChI is InChI=1S/C11H20N4O2S2.HI/c1-4-8(2)15-11(13-3)14-7-9-5-6-10(18-9)19(12,16)17;/h5-6,8H,4,7H2,1-3H3,(H2,12,16,17)(H2,13,14,15);1H. The molecule has 0 fully saturated rings. The van der Waals surface area contributed by atoms with Crippen molar-refractivity contribution in [3.63, 3.8) is 0 Å². The number of aliphatic imine (C=N–C) groups is 1. The normalized spacial score (nSPS) is 13.5. The first kappa shape index (κ1) is 19.6. The van der Waals surface area contributed by atoms with Crippen LogP contribution in [0.3, 0.4) is 0 Å². The molecule has 0 aliphatic carbocycles. The van der Waals surface area contributed by atoms with Crippen molar-refractivity contribution >= 4 is 51.3 Å². The lowest BCUT2D eigenvalue weighted by molar-refractivity contribution is 0.600. The predicted octanol–water partition coefficient (Wildman–Crippen LogP) is 1.48. The Labute approximate surface area is 141 Å². The van der Waals surface area contributed by atoms with Crippen LogP contribution in [-0.2, 0) is 16.6 Å². The summed E-state index contributed by atoms with van der Waals surface area (Å²) in [7, 11) is -1.91. The Bertz CT molecular complexity index is 542. The van der Waals surface area contributed by atoms with Crippen LogP contribution in [0, 0.1) is 0 Å². The number of guanidine groups is 1. The highest BCUT2D eigenvalue weighted by atomic mass is 127. The molecule has 1 atom stereocenters. The van der Waals surface area contributed by atoms with E-state index in [1.165, 1.54) is 6.07 Å². The molecule has 1 aromatic rings. The Balaban J connectivity index is 0.00000361. The van der Waals surface area contributed by atoms with E-state index < -0.39 is 10.0 Å². The van der Waals surface area contributed by atoms with Crippen molar-refractivity contribution in [2.45, 2.75) is 37.1 Å². The summed E-state index contributed by atoms with van der Waals surface area (Å²) >= 11 is 1.16. The van der Waals surface area contributed by atoms with Gasteiger partial charge in [-0.3, -0.25) is 4.99 Å². The van der Waals surface area contributed by atoms with E-state index in [9.17, 15) is 8.42 Å². The van der Waals surface area contributed by atoms with Gasteiger partial charge in [0.15, 0.2) is 5.96 Å². The highest BCUT2D eigenvalue weighted by Crippen LogP contribution is 2.19. The number of sulfonamides is 1. The molecular formula is C11H21IN4O2S2. The molecule has 0 saturated heterocycles. The number of nitrogens with one attached hydrogen (secondary N) is 2. The van der Waals surface area contributed by atoms with Crippen LogP contribution in [0.4, 0.5) is 0 Å². The van der Waals surface area contributed by atoms with Crippen LogP contribution in [0.5, 0.6) is 0 Å². The number of primary sulfonamides is 1. The molecule has 0 aliphatic rings. The summed E-state index contributed by atoms with van der Waals surface area (Å²) in [5.74, 6) is 0.694. The summed E-state index contributed by atoms with van der Waals surface area (Å²) in [6.07, 6.45) is 0.995. The van der Waals surface area contributed by atoms with Gasteiger partial charge in [0.1, 0.15) is 4.21 Å². The molecule has 0 amide bonds. The van der Waals surface area contributed by atoms with Gasteiger partial charge in [0.25, 0.3) is 0 Å². The van der Waals surface area contributed by atoms with Gasteiger partial charge >= 0.3 is 0 Å². The van der Waals surface area contributed by atoms with Gasteiger partial charge in [-0.2, -0.15) is 0 Å². The third-order valence-corrected chi connectivity index (χ3v) is 5.09. The lowest BCUT2D eigenvalue weighted by atomic mass is 10.3. The lowest BCUT2D eigenvalue weighted by Crippen LogP contribution is -2.41. The van der Waals surface area contributed by atoms with Crippen LogP contribution in [0.15, 0.2) is 21.3 Å². The van der Waals surface area contributed by atoms with Crippen LogP contribution in [0.2, 0.25) is 0 Å². The van der Waals surface area contributed by atoms with Crippen molar-refractivity contribution in [1.29, 1.82) is 0 Å². The number of thiophene rings is 1. The highest BCUT2D eigenvalue weighted by Gasteiger charge is 2.11. The van der Waals surface area contributed by atoms with Crippen molar-refractivity contribution < 1.29 is 8.42 Å². The maximum absolute atomic E-state index is 11.2. The molecule has 1 rings (SSSR count). The topological polar surface area (TPSA) is 96.6 Å². The van der Waals surface area contributed by atoms with Crippen molar-refractivity contribution in [2.24, 2.45) is 10.1 Å². The summed E-state index contributed by atoms with van der Waals surface area (Å²) in [5.41, 5.74) is 0. The quantitative estimate of drug-likeness (QED) is 0.373. The molecule has 1 aromatic heterocycles. The van der Waals surface area contributed by atoms with Gasteiger partial charge in [-0.05, 0) is 25.5 Å². The molecule has 0 spiro atoms. The van der Waals surface area contributed by atoms with E-state index >= 15 is 0 Å². The molecular weight excluding hydrogens is 411 g/mol. The van der Waals surface area contributed by atoms with Crippen LogP contribution >= 0.6 is 35.3 Å². The monoisotopic (exact) mass is 432 g/mol. The van der Waals surface area contributed by atoms with Gasteiger partial charge < -0.3 is 10.6 Å². The van der Waals surface area contributed by atoms with E-state index in [0.717, 1.165) is 22.6 Å². The summed E-state index contributed by atoms with van der Waals surface area (Å²) in [6.45, 7) is 4.66. The molecule has 1 unspecified atom stereocenters. The molecule has 1 heterocycles. The van der Waals surface area contributed by atoms with Gasteiger partial charge in [-0.15, -0.1) is 35.3 Å². The molecule has 6 nitrogen and oxygen atoms in total. The maximum Gasteiger partial charge on any atom is 0.247 e. The Morgan fingerprint density at radius 2 is 2.15 bits per heavy atom. The second kappa shape index (κ2) is 8.80. The van der Waals surface area contributed by atoms with Crippen molar-refractivity contribution in [3.05, 3.63) is 17.0 Å². The van der Waals surface area contributed by atoms with Crippen molar-refractivity contribution in [2.75, 3.05) is 7.05 Å². The predicted molar refractivity (Wildman–Crippen MR) is 94.2 cm³/mol. The minimum atomic E-state index is -3.60. The summed E-state index contributed by atoms with van der Waals surface area (Å²) in [6, 6.07) is 3.59. The Hall–Kier alpha value is -0.390. The molecule has 0 bridgehead atoms. The van der Waals surface area contributed by atoms with Crippen molar-refractivity contribution in [3.8, 4) is 0 Å². The number of nitrogens with zero attached hydrogens (tertiary/aromatic N) is 1. The SMILES string of the molecule is CCC(C)NC(=NC)NCc1ccc(S(N)(=O)=O)s1.I. The van der Waals surface area contributed by atoms with Gasteiger partial charge in [0, 0.05) is 18.0 Å². The average Bonchev–Trinajstić information content (AvgIpc) is 2.82. The van der Waals surface area contributed by atoms with Crippen LogP contribution in [-0.4, -0.2) is 27.5 Å². The second-order valence-corrected chi connectivity index (χ2v) is 7.10. The molecule has 0 aromatic carbocycles. The molecule has 4 N–H and O–H groups in total. The fraction of sp³-hybridized carbons (Fsp3) is 0.545. The first-order chi connectivity index (χ1) is 8.86. The minimum Gasteiger partial charge on any atom is -0.354 e. The summed E-state index contributed by atoms with van der Waals surface area (Å²) in [5, 5.41) is 11.4. The third kappa shape index (κ3) is 6.37. The molecule has 9 heteroatoms. The van der Waals surface area contributed by atoms with E-state index in [1.54, 1.807) is 13.1 Å². The Morgan fingerprint density at radius 1 is 1.50 bits per heavy atom. The number of rotatable bonds is 5. The van der Waals surface area contributed by atoms with Gasteiger partial charge in [0.2, 0.25) is 10.0 Å². The fourth-order valence-corrected chi connectivity index (χ4v) is 3.03. The maximum atomic E-state index is 11.2. The second-order valence-electron chi connectivity index (χ2n) is 4.15. The number of halogens is 1. The van der Waals surface area contributed by atoms with E-state index in [4.69, 9.17) is 5.14 Å². The molecule has 0 aliphatic heterocycles. The molecule has 0 saturated carbocycles. The Morgan fingerprint density at radius 3 is 2.60 bits per heavy atom. The van der Waals surface area contributed by atoms with Gasteiger partial charge in [0.05, 0.1) is 6.54 Å². The highest BCUT2D eigenvalue weighted by molar-refractivity contribution is 14.0. The average molecular weight is 432 g/mol. The van der Waals surface area contributed by atoms with Crippen molar-refractivity contribution in [1.82, 2.24) is 10.6 Å². The zero-order valence-electron chi connectivity index (χ0n) is 11.7. The fourth-order valence-electron chi connectivity index (χ4n) is 1.31. The number of hydrogen-bond acceptors (Lipinski definition) is 4. The lowest BCUT2D eigenvalue weighted by Gasteiger charge is -2.15. The zero-order valence-corrected chi connectivity index (χ0v) is 15.7. The van der Waals surface area contributed by atoms with E-state index in [-0.39, 0.29) is 28.2 Å². The van der Waals surface area contributed by atoms with E-state index in [1.807, 2.05) is 0 Å². The molecule has 116 valence electrons. The zero-order chi connectivity index (χ0) is 14.5. The first-order valence-corrected chi connectivity index (χ1v) is 8.31. The largest absolute Gasteiger partial charge is 0.354 e. The third-order valence-electron chi connectivity index (χ3n) is 2.57. The van der Waals surface area contributed by atoms with Crippen LogP contribution in [0.25, 0.3) is 0 Å². The number of nitrogens with two attached hydrogens (primary N) is 1. The van der Waals surface area contributed by atoms with Gasteiger partial charge in [-0.1, -0.05) is 6.92 Å². The summed E-state index contributed by atoms with van der Waals surface area (Å²) < 4.78 is 22.5. The smallest absolute Gasteiger partial charge is 0.247 e. The Kier molecular flexibility index (Phi) is 8.63. The van der Waals surface area contributed by atoms with E-state index in [0.29, 0.717) is 18.5 Å². The molecule has 0 radical (unpaired) electrons. The first-order valence-electron chi connectivity index (χ1n) is 5.95. The minimum absolute atomic E-state index is 0. The van der Waals surface area contributed by atoms with Gasteiger partial charge in [-0.25, -0.2) is 13.6 Å².